The van der Waals surface area contributed by atoms with Crippen molar-refractivity contribution in [1.82, 2.24) is 10.2 Å². The highest BCUT2D eigenvalue weighted by Crippen LogP contribution is 2.06. The topological polar surface area (TPSA) is 58.4 Å². The number of amides is 1. The molecule has 0 aromatic rings. The summed E-state index contributed by atoms with van der Waals surface area (Å²) in [5.74, 6) is 0.206. The monoisotopic (exact) mass is 185 g/mol. The van der Waals surface area contributed by atoms with Crippen molar-refractivity contribution >= 4 is 5.91 Å². The number of carbonyl (C=O) groups excluding carboxylic acids is 1. The van der Waals surface area contributed by atoms with Crippen LogP contribution in [-0.4, -0.2) is 43.0 Å². The Bertz CT molecular complexity index is 166. The van der Waals surface area contributed by atoms with E-state index in [9.17, 15) is 4.79 Å². The lowest BCUT2D eigenvalue weighted by Gasteiger charge is -2.17. The van der Waals surface area contributed by atoms with Crippen molar-refractivity contribution in [2.24, 2.45) is 5.73 Å². The summed E-state index contributed by atoms with van der Waals surface area (Å²) in [5, 5.41) is 3.09. The van der Waals surface area contributed by atoms with E-state index < -0.39 is 0 Å². The second-order valence-electron chi connectivity index (χ2n) is 3.61. The first-order valence-corrected chi connectivity index (χ1v) is 4.95. The maximum atomic E-state index is 11.5. The largest absolute Gasteiger partial charge is 0.342 e. The van der Waals surface area contributed by atoms with Gasteiger partial charge >= 0.3 is 0 Å². The molecule has 1 amide bonds. The molecule has 1 aliphatic heterocycles. The third-order valence-electron chi connectivity index (χ3n) is 2.41. The van der Waals surface area contributed by atoms with Crippen molar-refractivity contribution in [3.63, 3.8) is 0 Å². The summed E-state index contributed by atoms with van der Waals surface area (Å²) in [6.45, 7) is 4.85. The Balaban J connectivity index is 2.16. The van der Waals surface area contributed by atoms with Crippen LogP contribution in [0.25, 0.3) is 0 Å². The third kappa shape index (κ3) is 3.32. The third-order valence-corrected chi connectivity index (χ3v) is 2.41. The summed E-state index contributed by atoms with van der Waals surface area (Å²) < 4.78 is 0. The molecule has 1 unspecified atom stereocenters. The highest BCUT2D eigenvalue weighted by atomic mass is 16.2. The fourth-order valence-electron chi connectivity index (χ4n) is 1.42. The van der Waals surface area contributed by atoms with Gasteiger partial charge in [-0.1, -0.05) is 0 Å². The van der Waals surface area contributed by atoms with Crippen LogP contribution in [0, 0.1) is 0 Å². The van der Waals surface area contributed by atoms with Gasteiger partial charge in [-0.15, -0.1) is 0 Å². The van der Waals surface area contributed by atoms with Crippen molar-refractivity contribution in [3.05, 3.63) is 0 Å². The average molecular weight is 185 g/mol. The summed E-state index contributed by atoms with van der Waals surface area (Å²) in [4.78, 5) is 13.4. The molecule has 4 heteroatoms. The lowest BCUT2D eigenvalue weighted by Crippen LogP contribution is -2.42. The number of carbonyl (C=O) groups is 1. The van der Waals surface area contributed by atoms with Crippen molar-refractivity contribution in [2.75, 3.05) is 26.2 Å². The molecule has 1 aliphatic rings. The highest BCUT2D eigenvalue weighted by Gasteiger charge is 2.17. The van der Waals surface area contributed by atoms with Crippen LogP contribution in [-0.2, 0) is 4.79 Å². The van der Waals surface area contributed by atoms with Gasteiger partial charge in [0.15, 0.2) is 0 Å². The van der Waals surface area contributed by atoms with Gasteiger partial charge in [0.1, 0.15) is 0 Å². The van der Waals surface area contributed by atoms with E-state index in [4.69, 9.17) is 5.73 Å². The molecule has 0 bridgehead atoms. The normalized spacial score (nSPS) is 19.1. The van der Waals surface area contributed by atoms with Crippen LogP contribution in [0.4, 0.5) is 0 Å². The van der Waals surface area contributed by atoms with E-state index in [0.29, 0.717) is 13.1 Å². The molecule has 13 heavy (non-hydrogen) atoms. The van der Waals surface area contributed by atoms with E-state index in [1.807, 2.05) is 11.8 Å². The smallest absolute Gasteiger partial charge is 0.236 e. The average Bonchev–Trinajstić information content (AvgIpc) is 2.66. The van der Waals surface area contributed by atoms with Gasteiger partial charge < -0.3 is 16.0 Å². The van der Waals surface area contributed by atoms with Crippen LogP contribution in [0.15, 0.2) is 0 Å². The summed E-state index contributed by atoms with van der Waals surface area (Å²) in [6, 6.07) is 0.228. The zero-order valence-electron chi connectivity index (χ0n) is 8.25. The Morgan fingerprint density at radius 1 is 1.54 bits per heavy atom. The number of hydrogen-bond donors (Lipinski definition) is 2. The quantitative estimate of drug-likeness (QED) is 0.623. The molecule has 0 aliphatic carbocycles. The summed E-state index contributed by atoms with van der Waals surface area (Å²) in [5.41, 5.74) is 5.42. The van der Waals surface area contributed by atoms with Crippen molar-refractivity contribution in [3.8, 4) is 0 Å². The molecule has 0 spiro atoms. The molecule has 1 rings (SSSR count). The Labute approximate surface area is 79.5 Å². The molecule has 1 atom stereocenters. The minimum atomic E-state index is 0.206. The molecule has 3 N–H and O–H groups in total. The van der Waals surface area contributed by atoms with Crippen molar-refractivity contribution in [1.29, 1.82) is 0 Å². The van der Waals surface area contributed by atoms with Gasteiger partial charge in [-0.25, -0.2) is 0 Å². The lowest BCUT2D eigenvalue weighted by atomic mass is 10.3. The zero-order chi connectivity index (χ0) is 9.68. The van der Waals surface area contributed by atoms with E-state index in [2.05, 4.69) is 5.32 Å². The molecular formula is C9H19N3O. The minimum absolute atomic E-state index is 0.206. The number of likely N-dealkylation sites (tertiary alicyclic amines) is 1. The standard InChI is InChI=1S/C9H19N3O/c1-8(6-10)11-7-9(13)12-4-2-3-5-12/h8,11H,2-7,10H2,1H3. The SMILES string of the molecule is CC(CN)NCC(=O)N1CCCC1. The summed E-state index contributed by atoms with van der Waals surface area (Å²) in [7, 11) is 0. The van der Waals surface area contributed by atoms with E-state index in [1.54, 1.807) is 0 Å². The zero-order valence-corrected chi connectivity index (χ0v) is 8.25. The fourth-order valence-corrected chi connectivity index (χ4v) is 1.42. The molecule has 0 radical (unpaired) electrons. The molecule has 0 aromatic heterocycles. The number of rotatable bonds is 4. The Morgan fingerprint density at radius 2 is 2.15 bits per heavy atom. The predicted molar refractivity (Wildman–Crippen MR) is 52.3 cm³/mol. The van der Waals surface area contributed by atoms with Gasteiger partial charge in [0.05, 0.1) is 6.54 Å². The highest BCUT2D eigenvalue weighted by molar-refractivity contribution is 5.78. The van der Waals surface area contributed by atoms with Gasteiger partial charge in [0.25, 0.3) is 0 Å². The number of nitrogens with zero attached hydrogens (tertiary/aromatic N) is 1. The Kier molecular flexibility index (Phi) is 4.18. The first kappa shape index (κ1) is 10.5. The molecule has 0 aromatic carbocycles. The number of nitrogens with one attached hydrogen (secondary N) is 1. The molecule has 1 heterocycles. The minimum Gasteiger partial charge on any atom is -0.342 e. The summed E-state index contributed by atoms with van der Waals surface area (Å²) >= 11 is 0. The molecule has 1 saturated heterocycles. The van der Waals surface area contributed by atoms with Gasteiger partial charge in [0, 0.05) is 25.7 Å². The predicted octanol–water partition coefficient (Wildman–Crippen LogP) is -0.454. The maximum absolute atomic E-state index is 11.5. The van der Waals surface area contributed by atoms with Crippen LogP contribution < -0.4 is 11.1 Å². The van der Waals surface area contributed by atoms with Crippen LogP contribution in [0.3, 0.4) is 0 Å². The molecule has 1 fully saturated rings. The van der Waals surface area contributed by atoms with Gasteiger partial charge in [-0.2, -0.15) is 0 Å². The van der Waals surface area contributed by atoms with E-state index in [1.165, 1.54) is 0 Å². The van der Waals surface area contributed by atoms with Gasteiger partial charge in [0.2, 0.25) is 5.91 Å². The van der Waals surface area contributed by atoms with E-state index >= 15 is 0 Å². The van der Waals surface area contributed by atoms with E-state index in [-0.39, 0.29) is 11.9 Å². The van der Waals surface area contributed by atoms with Crippen LogP contribution in [0.2, 0.25) is 0 Å². The fraction of sp³-hybridized carbons (Fsp3) is 0.889. The molecular weight excluding hydrogens is 166 g/mol. The second kappa shape index (κ2) is 5.19. The molecule has 0 saturated carbocycles. The maximum Gasteiger partial charge on any atom is 0.236 e. The van der Waals surface area contributed by atoms with Crippen molar-refractivity contribution < 1.29 is 4.79 Å². The van der Waals surface area contributed by atoms with E-state index in [0.717, 1.165) is 25.9 Å². The van der Waals surface area contributed by atoms with Gasteiger partial charge in [-0.3, -0.25) is 4.79 Å². The van der Waals surface area contributed by atoms with Crippen LogP contribution >= 0.6 is 0 Å². The molecule has 76 valence electrons. The number of hydrogen-bond acceptors (Lipinski definition) is 3. The second-order valence-corrected chi connectivity index (χ2v) is 3.61. The Morgan fingerprint density at radius 3 is 2.69 bits per heavy atom. The van der Waals surface area contributed by atoms with Crippen LogP contribution in [0.5, 0.6) is 0 Å². The molecule has 4 nitrogen and oxygen atoms in total. The van der Waals surface area contributed by atoms with Crippen molar-refractivity contribution in [2.45, 2.75) is 25.8 Å². The first-order chi connectivity index (χ1) is 6.24. The summed E-state index contributed by atoms with van der Waals surface area (Å²) in [6.07, 6.45) is 2.30. The van der Waals surface area contributed by atoms with Crippen LogP contribution in [0.1, 0.15) is 19.8 Å². The first-order valence-electron chi connectivity index (χ1n) is 4.95. The van der Waals surface area contributed by atoms with Gasteiger partial charge in [-0.05, 0) is 19.8 Å². The Hall–Kier alpha value is -0.610. The lowest BCUT2D eigenvalue weighted by molar-refractivity contribution is -0.129. The number of nitrogens with two attached hydrogens (primary N) is 1.